The molecule has 0 aromatic heterocycles. The van der Waals surface area contributed by atoms with Gasteiger partial charge in [0.25, 0.3) is 0 Å². The fourth-order valence-electron chi connectivity index (χ4n) is 3.07. The van der Waals surface area contributed by atoms with Crippen LogP contribution in [0.5, 0.6) is 0 Å². The van der Waals surface area contributed by atoms with Gasteiger partial charge >= 0.3 is 0 Å². The van der Waals surface area contributed by atoms with Crippen LogP contribution in [0.2, 0.25) is 0 Å². The van der Waals surface area contributed by atoms with E-state index in [4.69, 9.17) is 5.26 Å². The number of hydrogen-bond acceptors (Lipinski definition) is 1. The molecule has 0 amide bonds. The topological polar surface area (TPSA) is 23.8 Å². The van der Waals surface area contributed by atoms with Crippen LogP contribution in [0.1, 0.15) is 43.7 Å². The van der Waals surface area contributed by atoms with Gasteiger partial charge in [-0.15, -0.1) is 0 Å². The Hall–Kier alpha value is -2.51. The molecule has 23 heavy (non-hydrogen) atoms. The molecule has 0 spiro atoms. The Labute approximate surface area is 139 Å². The SMILES string of the molecule is C[C@H]1CC[C@H](C#Cc2ccc(-c3ccc(C#N)cc3)cc2)CC1. The highest BCUT2D eigenvalue weighted by Crippen LogP contribution is 2.27. The first-order valence-corrected chi connectivity index (χ1v) is 8.37. The Kier molecular flexibility index (Phi) is 4.80. The lowest BCUT2D eigenvalue weighted by molar-refractivity contribution is 0.337. The molecule has 2 aromatic carbocycles. The van der Waals surface area contributed by atoms with Gasteiger partial charge in [0.05, 0.1) is 11.6 Å². The summed E-state index contributed by atoms with van der Waals surface area (Å²) >= 11 is 0. The van der Waals surface area contributed by atoms with Gasteiger partial charge in [0.1, 0.15) is 0 Å². The minimum atomic E-state index is 0.574. The van der Waals surface area contributed by atoms with E-state index in [-0.39, 0.29) is 0 Å². The van der Waals surface area contributed by atoms with E-state index in [0.717, 1.165) is 22.6 Å². The van der Waals surface area contributed by atoms with E-state index in [1.54, 1.807) is 0 Å². The number of benzene rings is 2. The van der Waals surface area contributed by atoms with E-state index in [2.05, 4.69) is 49.1 Å². The quantitative estimate of drug-likeness (QED) is 0.646. The lowest BCUT2D eigenvalue weighted by atomic mass is 9.83. The van der Waals surface area contributed by atoms with Gasteiger partial charge < -0.3 is 0 Å². The fourth-order valence-corrected chi connectivity index (χ4v) is 3.07. The van der Waals surface area contributed by atoms with Crippen molar-refractivity contribution in [2.45, 2.75) is 32.6 Å². The maximum absolute atomic E-state index is 8.85. The third-order valence-corrected chi connectivity index (χ3v) is 4.67. The summed E-state index contributed by atoms with van der Waals surface area (Å²) in [5, 5.41) is 8.85. The summed E-state index contributed by atoms with van der Waals surface area (Å²) in [5.41, 5.74) is 4.07. The van der Waals surface area contributed by atoms with E-state index in [1.807, 2.05) is 24.3 Å². The van der Waals surface area contributed by atoms with Crippen LogP contribution in [0.3, 0.4) is 0 Å². The van der Waals surface area contributed by atoms with E-state index in [1.165, 1.54) is 25.7 Å². The minimum absolute atomic E-state index is 0.574. The third-order valence-electron chi connectivity index (χ3n) is 4.67. The molecule has 2 aromatic rings. The molecule has 0 heterocycles. The molecule has 1 saturated carbocycles. The molecule has 1 aliphatic rings. The molecule has 0 radical (unpaired) electrons. The van der Waals surface area contributed by atoms with Crippen LogP contribution < -0.4 is 0 Å². The average molecular weight is 299 g/mol. The van der Waals surface area contributed by atoms with Crippen molar-refractivity contribution < 1.29 is 0 Å². The Morgan fingerprint density at radius 1 is 0.783 bits per heavy atom. The summed E-state index contributed by atoms with van der Waals surface area (Å²) in [6, 6.07) is 18.2. The van der Waals surface area contributed by atoms with Gasteiger partial charge in [0.15, 0.2) is 0 Å². The first-order valence-electron chi connectivity index (χ1n) is 8.37. The Morgan fingerprint density at radius 3 is 1.83 bits per heavy atom. The summed E-state index contributed by atoms with van der Waals surface area (Å²) in [6.45, 7) is 2.34. The molecule has 1 fully saturated rings. The largest absolute Gasteiger partial charge is 0.192 e. The molecule has 0 N–H and O–H groups in total. The van der Waals surface area contributed by atoms with E-state index >= 15 is 0 Å². The normalized spacial score (nSPS) is 20.2. The van der Waals surface area contributed by atoms with Gasteiger partial charge in [-0.2, -0.15) is 5.26 Å². The first kappa shape index (κ1) is 15.4. The molecule has 3 rings (SSSR count). The van der Waals surface area contributed by atoms with Gasteiger partial charge in [0, 0.05) is 11.5 Å². The molecule has 0 saturated heterocycles. The minimum Gasteiger partial charge on any atom is -0.192 e. The smallest absolute Gasteiger partial charge is 0.0991 e. The molecule has 0 aliphatic heterocycles. The number of hydrogen-bond donors (Lipinski definition) is 0. The Balaban J connectivity index is 1.69. The molecule has 0 unspecified atom stereocenters. The second kappa shape index (κ2) is 7.17. The molecule has 0 atom stereocenters. The zero-order chi connectivity index (χ0) is 16.1. The zero-order valence-corrected chi connectivity index (χ0v) is 13.5. The average Bonchev–Trinajstić information content (AvgIpc) is 2.62. The van der Waals surface area contributed by atoms with Gasteiger partial charge in [-0.25, -0.2) is 0 Å². The monoisotopic (exact) mass is 299 g/mol. The number of nitriles is 1. The van der Waals surface area contributed by atoms with Gasteiger partial charge in [0.2, 0.25) is 0 Å². The van der Waals surface area contributed by atoms with E-state index in [9.17, 15) is 0 Å². The highest BCUT2D eigenvalue weighted by molar-refractivity contribution is 5.65. The maximum Gasteiger partial charge on any atom is 0.0991 e. The van der Waals surface area contributed by atoms with E-state index < -0.39 is 0 Å². The van der Waals surface area contributed by atoms with Crippen molar-refractivity contribution in [1.29, 1.82) is 5.26 Å². The van der Waals surface area contributed by atoms with Gasteiger partial charge in [-0.3, -0.25) is 0 Å². The summed E-state index contributed by atoms with van der Waals surface area (Å²) < 4.78 is 0. The standard InChI is InChI=1S/C22H21N/c1-17-2-4-18(5-3-17)6-7-19-8-12-21(13-9-19)22-14-10-20(16-23)11-15-22/h8-15,17-18H,2-5H2,1H3/t17-,18-. The summed E-state index contributed by atoms with van der Waals surface area (Å²) in [4.78, 5) is 0. The predicted octanol–water partition coefficient (Wildman–Crippen LogP) is 5.40. The Bertz CT molecular complexity index is 743. The lowest BCUT2D eigenvalue weighted by Crippen LogP contribution is -2.10. The summed E-state index contributed by atoms with van der Waals surface area (Å²) in [7, 11) is 0. The van der Waals surface area contributed by atoms with Crippen LogP contribution in [0.25, 0.3) is 11.1 Å². The molecule has 114 valence electrons. The molecule has 1 nitrogen and oxygen atoms in total. The number of nitrogens with zero attached hydrogens (tertiary/aromatic N) is 1. The van der Waals surface area contributed by atoms with Crippen molar-refractivity contribution in [2.75, 3.05) is 0 Å². The van der Waals surface area contributed by atoms with Gasteiger partial charge in [-0.05, 0) is 67.0 Å². The van der Waals surface area contributed by atoms with Crippen LogP contribution >= 0.6 is 0 Å². The van der Waals surface area contributed by atoms with Crippen LogP contribution in [0.4, 0.5) is 0 Å². The molecular weight excluding hydrogens is 278 g/mol. The fraction of sp³-hybridized carbons (Fsp3) is 0.318. The molecular formula is C22H21N. The molecule has 1 heteroatoms. The van der Waals surface area contributed by atoms with Crippen molar-refractivity contribution in [3.8, 4) is 29.0 Å². The van der Waals surface area contributed by atoms with Crippen LogP contribution in [0, 0.1) is 35.0 Å². The maximum atomic E-state index is 8.85. The first-order chi connectivity index (χ1) is 11.2. The second-order valence-corrected chi connectivity index (χ2v) is 6.49. The summed E-state index contributed by atoms with van der Waals surface area (Å²) in [5.74, 6) is 8.23. The van der Waals surface area contributed by atoms with Crippen molar-refractivity contribution in [2.24, 2.45) is 11.8 Å². The zero-order valence-electron chi connectivity index (χ0n) is 13.5. The summed E-state index contributed by atoms with van der Waals surface area (Å²) in [6.07, 6.45) is 5.13. The highest BCUT2D eigenvalue weighted by atomic mass is 14.2. The van der Waals surface area contributed by atoms with Crippen molar-refractivity contribution >= 4 is 0 Å². The number of rotatable bonds is 1. The van der Waals surface area contributed by atoms with Crippen molar-refractivity contribution in [3.63, 3.8) is 0 Å². The van der Waals surface area contributed by atoms with E-state index in [0.29, 0.717) is 11.5 Å². The van der Waals surface area contributed by atoms with Crippen LogP contribution in [-0.4, -0.2) is 0 Å². The highest BCUT2D eigenvalue weighted by Gasteiger charge is 2.15. The van der Waals surface area contributed by atoms with Gasteiger partial charge in [-0.1, -0.05) is 43.0 Å². The molecule has 0 bridgehead atoms. The Morgan fingerprint density at radius 2 is 1.30 bits per heavy atom. The van der Waals surface area contributed by atoms with Crippen LogP contribution in [0.15, 0.2) is 48.5 Å². The van der Waals surface area contributed by atoms with Crippen molar-refractivity contribution in [3.05, 3.63) is 59.7 Å². The predicted molar refractivity (Wildman–Crippen MR) is 94.6 cm³/mol. The van der Waals surface area contributed by atoms with Crippen LogP contribution in [-0.2, 0) is 0 Å². The molecule has 1 aliphatic carbocycles. The van der Waals surface area contributed by atoms with Crippen molar-refractivity contribution in [1.82, 2.24) is 0 Å². The lowest BCUT2D eigenvalue weighted by Gasteiger charge is -2.21. The third kappa shape index (κ3) is 4.02. The second-order valence-electron chi connectivity index (χ2n) is 6.49.